The zero-order valence-corrected chi connectivity index (χ0v) is 6.07. The largest absolute Gasteiger partial charge is 0.212 e. The van der Waals surface area contributed by atoms with Crippen molar-refractivity contribution in [1.29, 1.82) is 0 Å². The molecule has 0 unspecified atom stereocenters. The molecule has 0 fully saturated rings. The molecule has 0 aliphatic rings. The monoisotopic (exact) mass is 144 g/mol. The Labute approximate surface area is 59.6 Å². The van der Waals surface area contributed by atoms with Gasteiger partial charge in [-0.05, 0) is 26.0 Å². The molecule has 10 heavy (non-hydrogen) atoms. The van der Waals surface area contributed by atoms with E-state index in [1.165, 1.54) is 31.2 Å². The number of halogens is 2. The van der Waals surface area contributed by atoms with E-state index in [4.69, 9.17) is 0 Å². The molecule has 0 aliphatic carbocycles. The zero-order valence-electron chi connectivity index (χ0n) is 6.07. The van der Waals surface area contributed by atoms with Crippen molar-refractivity contribution in [3.8, 4) is 0 Å². The average molecular weight is 144 g/mol. The van der Waals surface area contributed by atoms with Gasteiger partial charge in [0, 0.05) is 0 Å². The van der Waals surface area contributed by atoms with Crippen LogP contribution >= 0.6 is 0 Å². The second-order valence-electron chi connectivity index (χ2n) is 1.79. The minimum Gasteiger partial charge on any atom is -0.212 e. The van der Waals surface area contributed by atoms with Gasteiger partial charge < -0.3 is 0 Å². The van der Waals surface area contributed by atoms with Crippen LogP contribution in [0.25, 0.3) is 0 Å². The van der Waals surface area contributed by atoms with Crippen molar-refractivity contribution in [2.75, 3.05) is 0 Å². The van der Waals surface area contributed by atoms with E-state index in [1.807, 2.05) is 0 Å². The van der Waals surface area contributed by atoms with Gasteiger partial charge in [0.05, 0.1) is 5.83 Å². The molecule has 0 aromatic rings. The first-order valence-electron chi connectivity index (χ1n) is 2.99. The second-order valence-corrected chi connectivity index (χ2v) is 1.79. The summed E-state index contributed by atoms with van der Waals surface area (Å²) in [6, 6.07) is 0. The summed E-state index contributed by atoms with van der Waals surface area (Å²) in [4.78, 5) is 0. The number of allylic oxidation sites excluding steroid dienone is 6. The van der Waals surface area contributed by atoms with E-state index in [0.717, 1.165) is 0 Å². The average Bonchev–Trinajstić information content (AvgIpc) is 1.87. The van der Waals surface area contributed by atoms with Gasteiger partial charge in [0.1, 0.15) is 5.83 Å². The molecule has 2 heteroatoms. The van der Waals surface area contributed by atoms with Crippen LogP contribution in [0.5, 0.6) is 0 Å². The van der Waals surface area contributed by atoms with Gasteiger partial charge in [0.2, 0.25) is 0 Å². The van der Waals surface area contributed by atoms with E-state index < -0.39 is 0 Å². The Kier molecular flexibility index (Phi) is 4.46. The van der Waals surface area contributed by atoms with Gasteiger partial charge in [0.15, 0.2) is 0 Å². The maximum atomic E-state index is 12.2. The lowest BCUT2D eigenvalue weighted by molar-refractivity contribution is 0.640. The number of hydrogen-bond donors (Lipinski definition) is 0. The van der Waals surface area contributed by atoms with Crippen LogP contribution in [-0.2, 0) is 0 Å². The van der Waals surface area contributed by atoms with Crippen LogP contribution in [0.1, 0.15) is 13.8 Å². The highest BCUT2D eigenvalue weighted by atomic mass is 19.1. The molecule has 0 amide bonds. The Morgan fingerprint density at radius 3 is 2.30 bits per heavy atom. The molecule has 0 saturated carbocycles. The van der Waals surface area contributed by atoms with Crippen LogP contribution in [0.15, 0.2) is 36.0 Å². The highest BCUT2D eigenvalue weighted by Crippen LogP contribution is 1.99. The van der Waals surface area contributed by atoms with Gasteiger partial charge in [-0.15, -0.1) is 0 Å². The Hall–Kier alpha value is -0.920. The van der Waals surface area contributed by atoms with E-state index in [0.29, 0.717) is 0 Å². The molecular weight excluding hydrogens is 134 g/mol. The van der Waals surface area contributed by atoms with E-state index in [9.17, 15) is 8.78 Å². The maximum absolute atomic E-state index is 12.2. The molecule has 0 aromatic heterocycles. The minimum atomic E-state index is -0.363. The molecule has 0 N–H and O–H groups in total. The Bertz CT molecular complexity index is 172. The van der Waals surface area contributed by atoms with Crippen LogP contribution in [0.3, 0.4) is 0 Å². The molecular formula is C8H10F2. The molecule has 0 nitrogen and oxygen atoms in total. The Balaban J connectivity index is 3.90. The summed E-state index contributed by atoms with van der Waals surface area (Å²) in [7, 11) is 0. The highest BCUT2D eigenvalue weighted by Gasteiger charge is 1.80. The maximum Gasteiger partial charge on any atom is 0.118 e. The Morgan fingerprint density at radius 2 is 1.90 bits per heavy atom. The number of rotatable bonds is 2. The van der Waals surface area contributed by atoms with Crippen molar-refractivity contribution in [2.24, 2.45) is 0 Å². The lowest BCUT2D eigenvalue weighted by atomic mass is 10.4. The van der Waals surface area contributed by atoms with Gasteiger partial charge >= 0.3 is 0 Å². The smallest absolute Gasteiger partial charge is 0.118 e. The molecule has 0 aromatic carbocycles. The van der Waals surface area contributed by atoms with Crippen molar-refractivity contribution >= 4 is 0 Å². The summed E-state index contributed by atoms with van der Waals surface area (Å²) < 4.78 is 24.1. The van der Waals surface area contributed by atoms with Crippen molar-refractivity contribution < 1.29 is 8.78 Å². The van der Waals surface area contributed by atoms with Gasteiger partial charge in [-0.3, -0.25) is 0 Å². The summed E-state index contributed by atoms with van der Waals surface area (Å²) in [6.07, 6.45) is 5.02. The molecule has 0 bridgehead atoms. The Morgan fingerprint density at radius 1 is 1.30 bits per heavy atom. The fourth-order valence-electron chi connectivity index (χ4n) is 0.369. The fourth-order valence-corrected chi connectivity index (χ4v) is 0.369. The lowest BCUT2D eigenvalue weighted by Crippen LogP contribution is -1.61. The van der Waals surface area contributed by atoms with Gasteiger partial charge in [0.25, 0.3) is 0 Å². The first-order valence-corrected chi connectivity index (χ1v) is 2.99. The van der Waals surface area contributed by atoms with Gasteiger partial charge in [-0.2, -0.15) is 0 Å². The molecule has 0 atom stereocenters. The SMILES string of the molecule is C/C=C(F)/C=C\C=C(/C)F. The molecule has 0 heterocycles. The van der Waals surface area contributed by atoms with Crippen LogP contribution in [0.2, 0.25) is 0 Å². The van der Waals surface area contributed by atoms with E-state index in [2.05, 4.69) is 0 Å². The highest BCUT2D eigenvalue weighted by molar-refractivity contribution is 5.16. The summed E-state index contributed by atoms with van der Waals surface area (Å²) in [5.74, 6) is -0.697. The van der Waals surface area contributed by atoms with Crippen LogP contribution in [0.4, 0.5) is 8.78 Å². The molecule has 0 spiro atoms. The van der Waals surface area contributed by atoms with Crippen molar-refractivity contribution in [3.63, 3.8) is 0 Å². The van der Waals surface area contributed by atoms with Crippen molar-refractivity contribution in [1.82, 2.24) is 0 Å². The van der Waals surface area contributed by atoms with Crippen molar-refractivity contribution in [3.05, 3.63) is 36.0 Å². The van der Waals surface area contributed by atoms with Crippen LogP contribution in [-0.4, -0.2) is 0 Å². The first kappa shape index (κ1) is 9.08. The minimum absolute atomic E-state index is 0.333. The third-order valence-electron chi connectivity index (χ3n) is 0.857. The predicted octanol–water partition coefficient (Wildman–Crippen LogP) is 3.29. The van der Waals surface area contributed by atoms with Crippen LogP contribution in [0, 0.1) is 0 Å². The van der Waals surface area contributed by atoms with E-state index in [1.54, 1.807) is 6.92 Å². The summed E-state index contributed by atoms with van der Waals surface area (Å²) in [5.41, 5.74) is 0. The fraction of sp³-hybridized carbons (Fsp3) is 0.250. The molecule has 0 aliphatic heterocycles. The zero-order chi connectivity index (χ0) is 7.98. The second kappa shape index (κ2) is 4.91. The standard InChI is InChI=1S/C8H10F2/c1-3-8(10)6-4-5-7(2)9/h3-6H,1-2H3/b6-4-,7-5+,8-3-. The molecule has 56 valence electrons. The topological polar surface area (TPSA) is 0 Å². The molecule has 0 rings (SSSR count). The third-order valence-corrected chi connectivity index (χ3v) is 0.857. The van der Waals surface area contributed by atoms with E-state index in [-0.39, 0.29) is 11.7 Å². The molecule has 0 saturated heterocycles. The van der Waals surface area contributed by atoms with Gasteiger partial charge in [-0.25, -0.2) is 8.78 Å². The molecule has 0 radical (unpaired) electrons. The third kappa shape index (κ3) is 5.22. The van der Waals surface area contributed by atoms with E-state index >= 15 is 0 Å². The summed E-state index contributed by atoms with van der Waals surface area (Å²) in [6.45, 7) is 2.88. The normalized spacial score (nSPS) is 14.8. The summed E-state index contributed by atoms with van der Waals surface area (Å²) in [5, 5.41) is 0. The predicted molar refractivity (Wildman–Crippen MR) is 38.9 cm³/mol. The number of hydrogen-bond acceptors (Lipinski definition) is 0. The summed E-state index contributed by atoms with van der Waals surface area (Å²) >= 11 is 0. The van der Waals surface area contributed by atoms with Gasteiger partial charge in [-0.1, -0.05) is 12.2 Å². The van der Waals surface area contributed by atoms with Crippen molar-refractivity contribution in [2.45, 2.75) is 13.8 Å². The first-order chi connectivity index (χ1) is 4.66. The van der Waals surface area contributed by atoms with Crippen LogP contribution < -0.4 is 0 Å². The quantitative estimate of drug-likeness (QED) is 0.521. The lowest BCUT2D eigenvalue weighted by Gasteiger charge is -1.80.